The quantitative estimate of drug-likeness (QED) is 0.516. The second kappa shape index (κ2) is 4.07. The van der Waals surface area contributed by atoms with E-state index >= 15 is 0 Å². The maximum Gasteiger partial charge on any atom is 0.248 e. The van der Waals surface area contributed by atoms with Crippen LogP contribution in [0.1, 0.15) is 5.56 Å². The predicted molar refractivity (Wildman–Crippen MR) is 50.1 cm³/mol. The van der Waals surface area contributed by atoms with Crippen LogP contribution in [0.2, 0.25) is 0 Å². The minimum absolute atomic E-state index is 0.433. The standard InChI is InChI=1S/C10H9ClO/c1-8(10(11)12)7-9-5-3-2-4-6-9/h2-6H,1,7H2. The number of carbonyl (C=O) groups is 1. The van der Waals surface area contributed by atoms with Crippen LogP contribution in [0.3, 0.4) is 0 Å². The first-order chi connectivity index (χ1) is 5.70. The van der Waals surface area contributed by atoms with Crippen molar-refractivity contribution in [3.8, 4) is 0 Å². The van der Waals surface area contributed by atoms with Gasteiger partial charge in [0.15, 0.2) is 0 Å². The molecule has 0 aliphatic rings. The Labute approximate surface area is 76.7 Å². The Bertz CT molecular complexity index is 290. The van der Waals surface area contributed by atoms with Crippen molar-refractivity contribution in [3.05, 3.63) is 48.0 Å². The number of rotatable bonds is 3. The summed E-state index contributed by atoms with van der Waals surface area (Å²) < 4.78 is 0. The van der Waals surface area contributed by atoms with Gasteiger partial charge in [-0.25, -0.2) is 0 Å². The van der Waals surface area contributed by atoms with E-state index in [1.54, 1.807) is 0 Å². The molecule has 62 valence electrons. The zero-order chi connectivity index (χ0) is 8.97. The van der Waals surface area contributed by atoms with Gasteiger partial charge in [-0.15, -0.1) is 0 Å². The van der Waals surface area contributed by atoms with Gasteiger partial charge in [0.25, 0.3) is 0 Å². The van der Waals surface area contributed by atoms with E-state index in [4.69, 9.17) is 11.6 Å². The minimum atomic E-state index is -0.459. The van der Waals surface area contributed by atoms with Crippen LogP contribution in [0.4, 0.5) is 0 Å². The molecule has 0 amide bonds. The summed E-state index contributed by atoms with van der Waals surface area (Å²) >= 11 is 5.24. The molecule has 1 rings (SSSR count). The average molecular weight is 181 g/mol. The van der Waals surface area contributed by atoms with Crippen LogP contribution in [-0.2, 0) is 11.2 Å². The molecule has 0 fully saturated rings. The molecule has 1 aromatic carbocycles. The molecule has 0 unspecified atom stereocenters. The monoisotopic (exact) mass is 180 g/mol. The molecule has 0 atom stereocenters. The number of halogens is 1. The molecule has 0 aromatic heterocycles. The number of hydrogen-bond donors (Lipinski definition) is 0. The number of carbonyl (C=O) groups excluding carboxylic acids is 1. The van der Waals surface area contributed by atoms with Gasteiger partial charge in [0.1, 0.15) is 0 Å². The lowest BCUT2D eigenvalue weighted by Gasteiger charge is -1.99. The van der Waals surface area contributed by atoms with E-state index in [1.165, 1.54) is 0 Å². The second-order valence-corrected chi connectivity index (χ2v) is 2.88. The van der Waals surface area contributed by atoms with Gasteiger partial charge in [0.05, 0.1) is 0 Å². The molecule has 0 N–H and O–H groups in total. The van der Waals surface area contributed by atoms with Crippen LogP contribution in [0.15, 0.2) is 42.5 Å². The third-order valence-electron chi connectivity index (χ3n) is 1.54. The summed E-state index contributed by atoms with van der Waals surface area (Å²) in [5, 5.41) is -0.459. The van der Waals surface area contributed by atoms with Crippen LogP contribution >= 0.6 is 11.6 Å². The third-order valence-corrected chi connectivity index (χ3v) is 1.81. The zero-order valence-corrected chi connectivity index (χ0v) is 7.34. The van der Waals surface area contributed by atoms with Crippen molar-refractivity contribution in [1.29, 1.82) is 0 Å². The predicted octanol–water partition coefficient (Wildman–Crippen LogP) is 2.55. The fourth-order valence-corrected chi connectivity index (χ4v) is 0.979. The fraction of sp³-hybridized carbons (Fsp3) is 0.100. The molecular weight excluding hydrogens is 172 g/mol. The molecule has 1 aromatic rings. The van der Waals surface area contributed by atoms with Crippen molar-refractivity contribution in [1.82, 2.24) is 0 Å². The summed E-state index contributed by atoms with van der Waals surface area (Å²) in [4.78, 5) is 10.6. The largest absolute Gasteiger partial charge is 0.276 e. The molecule has 0 bridgehead atoms. The van der Waals surface area contributed by atoms with Gasteiger partial charge in [-0.2, -0.15) is 0 Å². The number of allylic oxidation sites excluding steroid dienone is 1. The van der Waals surface area contributed by atoms with E-state index < -0.39 is 5.24 Å². The summed E-state index contributed by atoms with van der Waals surface area (Å²) in [7, 11) is 0. The average Bonchev–Trinajstić information content (AvgIpc) is 2.06. The first kappa shape index (κ1) is 9.01. The van der Waals surface area contributed by atoms with E-state index in [9.17, 15) is 4.79 Å². The lowest BCUT2D eigenvalue weighted by atomic mass is 10.1. The molecule has 0 radical (unpaired) electrons. The molecule has 0 saturated heterocycles. The third kappa shape index (κ3) is 2.51. The summed E-state index contributed by atoms with van der Waals surface area (Å²) in [6.07, 6.45) is 0.531. The minimum Gasteiger partial charge on any atom is -0.276 e. The van der Waals surface area contributed by atoms with Crippen molar-refractivity contribution >= 4 is 16.8 Å². The van der Waals surface area contributed by atoms with Gasteiger partial charge in [-0.3, -0.25) is 4.79 Å². The summed E-state index contributed by atoms with van der Waals surface area (Å²) in [5.74, 6) is 0. The maximum absolute atomic E-state index is 10.6. The Kier molecular flexibility index (Phi) is 3.06. The first-order valence-corrected chi connectivity index (χ1v) is 3.99. The molecule has 0 spiro atoms. The van der Waals surface area contributed by atoms with Gasteiger partial charge in [-0.1, -0.05) is 36.9 Å². The molecule has 0 aliphatic carbocycles. The maximum atomic E-state index is 10.6. The Morgan fingerprint density at radius 3 is 2.42 bits per heavy atom. The van der Waals surface area contributed by atoms with Gasteiger partial charge >= 0.3 is 0 Å². The van der Waals surface area contributed by atoms with E-state index in [-0.39, 0.29) is 0 Å². The van der Waals surface area contributed by atoms with Crippen molar-refractivity contribution in [2.45, 2.75) is 6.42 Å². The molecule has 12 heavy (non-hydrogen) atoms. The molecule has 2 heteroatoms. The Morgan fingerprint density at radius 1 is 1.33 bits per heavy atom. The first-order valence-electron chi connectivity index (χ1n) is 3.61. The van der Waals surface area contributed by atoms with Crippen molar-refractivity contribution in [3.63, 3.8) is 0 Å². The smallest absolute Gasteiger partial charge is 0.248 e. The van der Waals surface area contributed by atoms with E-state index in [2.05, 4.69) is 6.58 Å². The highest BCUT2D eigenvalue weighted by atomic mass is 35.5. The van der Waals surface area contributed by atoms with Crippen molar-refractivity contribution < 1.29 is 4.79 Å². The van der Waals surface area contributed by atoms with E-state index in [1.807, 2.05) is 30.3 Å². The molecule has 0 heterocycles. The summed E-state index contributed by atoms with van der Waals surface area (Å²) in [5.41, 5.74) is 1.49. The van der Waals surface area contributed by atoms with Gasteiger partial charge in [0.2, 0.25) is 5.24 Å². The lowest BCUT2D eigenvalue weighted by molar-refractivity contribution is -0.108. The highest BCUT2D eigenvalue weighted by Crippen LogP contribution is 2.08. The normalized spacial score (nSPS) is 9.42. The zero-order valence-electron chi connectivity index (χ0n) is 6.59. The van der Waals surface area contributed by atoms with Crippen LogP contribution in [0, 0.1) is 0 Å². The van der Waals surface area contributed by atoms with Gasteiger partial charge in [0, 0.05) is 12.0 Å². The van der Waals surface area contributed by atoms with Crippen LogP contribution < -0.4 is 0 Å². The number of benzene rings is 1. The topological polar surface area (TPSA) is 17.1 Å². The highest BCUT2D eigenvalue weighted by Gasteiger charge is 2.02. The molecule has 0 aliphatic heterocycles. The van der Waals surface area contributed by atoms with Crippen LogP contribution in [0.5, 0.6) is 0 Å². The lowest BCUT2D eigenvalue weighted by Crippen LogP contribution is -1.95. The number of hydrogen-bond acceptors (Lipinski definition) is 1. The highest BCUT2D eigenvalue weighted by molar-refractivity contribution is 6.67. The van der Waals surface area contributed by atoms with Crippen LogP contribution in [0.25, 0.3) is 0 Å². The van der Waals surface area contributed by atoms with E-state index in [0.717, 1.165) is 5.56 Å². The van der Waals surface area contributed by atoms with Gasteiger partial charge in [-0.05, 0) is 17.2 Å². The van der Waals surface area contributed by atoms with Crippen molar-refractivity contribution in [2.75, 3.05) is 0 Å². The Balaban J connectivity index is 2.65. The SMILES string of the molecule is C=C(Cc1ccccc1)C(=O)Cl. The molecule has 1 nitrogen and oxygen atoms in total. The summed E-state index contributed by atoms with van der Waals surface area (Å²) in [6.45, 7) is 3.57. The van der Waals surface area contributed by atoms with Crippen LogP contribution in [-0.4, -0.2) is 5.24 Å². The van der Waals surface area contributed by atoms with Crippen molar-refractivity contribution in [2.24, 2.45) is 0 Å². The Hall–Kier alpha value is -1.08. The van der Waals surface area contributed by atoms with E-state index in [0.29, 0.717) is 12.0 Å². The summed E-state index contributed by atoms with van der Waals surface area (Å²) in [6, 6.07) is 9.63. The fourth-order valence-electron chi connectivity index (χ4n) is 0.912. The second-order valence-electron chi connectivity index (χ2n) is 2.54. The molecular formula is C10H9ClO. The molecule has 0 saturated carbocycles. The van der Waals surface area contributed by atoms with Gasteiger partial charge < -0.3 is 0 Å². The Morgan fingerprint density at radius 2 is 1.92 bits per heavy atom.